The Labute approximate surface area is 114 Å². The Morgan fingerprint density at radius 2 is 2.00 bits per heavy atom. The van der Waals surface area contributed by atoms with Gasteiger partial charge in [-0.1, -0.05) is 6.07 Å². The first-order valence-electron chi connectivity index (χ1n) is 5.96. The van der Waals surface area contributed by atoms with E-state index in [4.69, 9.17) is 5.73 Å². The molecular weight excluding hydrogens is 273 g/mol. The molecule has 0 heterocycles. The maximum Gasteiger partial charge on any atom is 0.416 e. The zero-order valence-electron chi connectivity index (χ0n) is 10.8. The van der Waals surface area contributed by atoms with Gasteiger partial charge in [0.15, 0.2) is 0 Å². The van der Waals surface area contributed by atoms with Gasteiger partial charge in [0, 0.05) is 18.0 Å². The third-order valence-corrected chi connectivity index (χ3v) is 2.65. The lowest BCUT2D eigenvalue weighted by atomic mass is 10.1. The van der Waals surface area contributed by atoms with Crippen molar-refractivity contribution in [2.45, 2.75) is 32.0 Å². The summed E-state index contributed by atoms with van der Waals surface area (Å²) in [7, 11) is 0. The van der Waals surface area contributed by atoms with Crippen molar-refractivity contribution in [3.8, 4) is 0 Å². The molecule has 0 saturated carbocycles. The highest BCUT2D eigenvalue weighted by atomic mass is 19.4. The van der Waals surface area contributed by atoms with Crippen molar-refractivity contribution in [3.63, 3.8) is 0 Å². The molecule has 0 radical (unpaired) electrons. The summed E-state index contributed by atoms with van der Waals surface area (Å²) in [6.07, 6.45) is -4.06. The van der Waals surface area contributed by atoms with Crippen molar-refractivity contribution in [1.29, 1.82) is 0 Å². The van der Waals surface area contributed by atoms with E-state index in [2.05, 4.69) is 5.32 Å². The lowest BCUT2D eigenvalue weighted by Gasteiger charge is -2.14. The molecule has 7 heteroatoms. The van der Waals surface area contributed by atoms with E-state index in [1.54, 1.807) is 6.92 Å². The summed E-state index contributed by atoms with van der Waals surface area (Å²) in [6, 6.07) is 3.80. The molecule has 2 amide bonds. The smallest absolute Gasteiger partial charge is 0.370 e. The molecule has 3 N–H and O–H groups in total. The third kappa shape index (κ3) is 4.91. The lowest BCUT2D eigenvalue weighted by Crippen LogP contribution is -2.33. The van der Waals surface area contributed by atoms with Gasteiger partial charge in [-0.15, -0.1) is 0 Å². The molecule has 0 aromatic heterocycles. The van der Waals surface area contributed by atoms with Gasteiger partial charge in [-0.2, -0.15) is 13.2 Å². The van der Waals surface area contributed by atoms with Gasteiger partial charge in [0.05, 0.1) is 5.56 Å². The average Bonchev–Trinajstić information content (AvgIpc) is 2.35. The number of carbonyl (C=O) groups is 2. The number of alkyl halides is 3. The Balaban J connectivity index is 2.70. The fraction of sp³-hybridized carbons (Fsp3) is 0.385. The molecule has 1 atom stereocenters. The van der Waals surface area contributed by atoms with Crippen LogP contribution in [0.2, 0.25) is 0 Å². The Morgan fingerprint density at radius 3 is 2.55 bits per heavy atom. The van der Waals surface area contributed by atoms with Gasteiger partial charge in [0.2, 0.25) is 5.91 Å². The third-order valence-electron chi connectivity index (χ3n) is 2.65. The Morgan fingerprint density at radius 1 is 1.35 bits per heavy atom. The van der Waals surface area contributed by atoms with Gasteiger partial charge in [-0.05, 0) is 31.5 Å². The zero-order valence-corrected chi connectivity index (χ0v) is 10.8. The number of benzene rings is 1. The molecule has 1 aromatic rings. The summed E-state index contributed by atoms with van der Waals surface area (Å²) >= 11 is 0. The van der Waals surface area contributed by atoms with E-state index in [9.17, 15) is 22.8 Å². The maximum atomic E-state index is 12.5. The minimum atomic E-state index is -4.49. The van der Waals surface area contributed by atoms with E-state index in [-0.39, 0.29) is 18.0 Å². The topological polar surface area (TPSA) is 72.2 Å². The Kier molecular flexibility index (Phi) is 5.12. The largest absolute Gasteiger partial charge is 0.416 e. The molecule has 0 fully saturated rings. The molecule has 0 aliphatic rings. The summed E-state index contributed by atoms with van der Waals surface area (Å²) in [5.41, 5.74) is 4.02. The summed E-state index contributed by atoms with van der Waals surface area (Å²) < 4.78 is 37.6. The van der Waals surface area contributed by atoms with Crippen molar-refractivity contribution in [1.82, 2.24) is 5.32 Å². The van der Waals surface area contributed by atoms with Crippen molar-refractivity contribution in [2.75, 3.05) is 0 Å². The van der Waals surface area contributed by atoms with Gasteiger partial charge in [0.1, 0.15) is 0 Å². The lowest BCUT2D eigenvalue weighted by molar-refractivity contribution is -0.137. The van der Waals surface area contributed by atoms with Crippen LogP contribution in [0.1, 0.15) is 35.7 Å². The van der Waals surface area contributed by atoms with Gasteiger partial charge in [-0.25, -0.2) is 0 Å². The molecular formula is C13H15F3N2O2. The average molecular weight is 288 g/mol. The van der Waals surface area contributed by atoms with Crippen LogP contribution in [0.3, 0.4) is 0 Å². The second-order valence-corrected chi connectivity index (χ2v) is 4.46. The second kappa shape index (κ2) is 6.40. The fourth-order valence-corrected chi connectivity index (χ4v) is 1.57. The number of halogens is 3. The molecule has 4 nitrogen and oxygen atoms in total. The zero-order chi connectivity index (χ0) is 15.3. The number of nitrogens with two attached hydrogens (primary N) is 1. The molecule has 110 valence electrons. The highest BCUT2D eigenvalue weighted by Gasteiger charge is 2.30. The van der Waals surface area contributed by atoms with Crippen LogP contribution < -0.4 is 11.1 Å². The molecule has 0 aliphatic heterocycles. The van der Waals surface area contributed by atoms with Crippen LogP contribution in [0.15, 0.2) is 24.3 Å². The standard InChI is InChI=1S/C13H15F3N2O2/c1-8(5-6-11(17)19)18-12(20)9-3-2-4-10(7-9)13(14,15)16/h2-4,7-8H,5-6H2,1H3,(H2,17,19)(H,18,20). The first-order chi connectivity index (χ1) is 9.20. The van der Waals surface area contributed by atoms with Crippen molar-refractivity contribution in [2.24, 2.45) is 5.73 Å². The Hall–Kier alpha value is -2.05. The summed E-state index contributed by atoms with van der Waals surface area (Å²) in [5.74, 6) is -1.11. The molecule has 0 spiro atoms. The minimum Gasteiger partial charge on any atom is -0.370 e. The molecule has 1 rings (SSSR count). The van der Waals surface area contributed by atoms with Gasteiger partial charge < -0.3 is 11.1 Å². The van der Waals surface area contributed by atoms with E-state index in [0.29, 0.717) is 6.42 Å². The number of nitrogens with one attached hydrogen (secondary N) is 1. The predicted molar refractivity (Wildman–Crippen MR) is 66.8 cm³/mol. The van der Waals surface area contributed by atoms with E-state index in [1.165, 1.54) is 12.1 Å². The van der Waals surface area contributed by atoms with Crippen LogP contribution in [-0.2, 0) is 11.0 Å². The van der Waals surface area contributed by atoms with Crippen LogP contribution in [-0.4, -0.2) is 17.9 Å². The van der Waals surface area contributed by atoms with Crippen molar-refractivity contribution in [3.05, 3.63) is 35.4 Å². The van der Waals surface area contributed by atoms with E-state index in [0.717, 1.165) is 12.1 Å². The monoisotopic (exact) mass is 288 g/mol. The van der Waals surface area contributed by atoms with E-state index < -0.39 is 23.6 Å². The van der Waals surface area contributed by atoms with Crippen LogP contribution in [0, 0.1) is 0 Å². The first kappa shape index (κ1) is 16.0. The highest BCUT2D eigenvalue weighted by Crippen LogP contribution is 2.29. The van der Waals surface area contributed by atoms with E-state index >= 15 is 0 Å². The molecule has 0 aliphatic carbocycles. The Bertz CT molecular complexity index is 501. The molecule has 0 bridgehead atoms. The highest BCUT2D eigenvalue weighted by molar-refractivity contribution is 5.94. The first-order valence-corrected chi connectivity index (χ1v) is 5.96. The van der Waals surface area contributed by atoms with Crippen LogP contribution in [0.5, 0.6) is 0 Å². The van der Waals surface area contributed by atoms with Crippen LogP contribution in [0.4, 0.5) is 13.2 Å². The number of primary amides is 1. The van der Waals surface area contributed by atoms with Gasteiger partial charge in [0.25, 0.3) is 5.91 Å². The summed E-state index contributed by atoms with van der Waals surface area (Å²) in [5, 5.41) is 2.52. The van der Waals surface area contributed by atoms with Gasteiger partial charge >= 0.3 is 6.18 Å². The van der Waals surface area contributed by atoms with Crippen molar-refractivity contribution < 1.29 is 22.8 Å². The minimum absolute atomic E-state index is 0.0780. The number of carbonyl (C=O) groups excluding carboxylic acids is 2. The summed E-state index contributed by atoms with van der Waals surface area (Å²) in [6.45, 7) is 1.65. The van der Waals surface area contributed by atoms with Crippen molar-refractivity contribution >= 4 is 11.8 Å². The predicted octanol–water partition coefficient (Wildman–Crippen LogP) is 2.09. The quantitative estimate of drug-likeness (QED) is 0.870. The van der Waals surface area contributed by atoms with Crippen LogP contribution in [0.25, 0.3) is 0 Å². The second-order valence-electron chi connectivity index (χ2n) is 4.46. The molecule has 1 aromatic carbocycles. The normalized spacial score (nSPS) is 12.8. The number of rotatable bonds is 5. The summed E-state index contributed by atoms with van der Waals surface area (Å²) in [4.78, 5) is 22.4. The maximum absolute atomic E-state index is 12.5. The SMILES string of the molecule is CC(CCC(N)=O)NC(=O)c1cccc(C(F)(F)F)c1. The van der Waals surface area contributed by atoms with Gasteiger partial charge in [-0.3, -0.25) is 9.59 Å². The van der Waals surface area contributed by atoms with Crippen LogP contribution >= 0.6 is 0 Å². The number of hydrogen-bond donors (Lipinski definition) is 2. The van der Waals surface area contributed by atoms with E-state index in [1.807, 2.05) is 0 Å². The fourth-order valence-electron chi connectivity index (χ4n) is 1.57. The number of amides is 2. The molecule has 20 heavy (non-hydrogen) atoms. The number of hydrogen-bond acceptors (Lipinski definition) is 2. The molecule has 1 unspecified atom stereocenters. The molecule has 0 saturated heterocycles.